The first-order valence-corrected chi connectivity index (χ1v) is 6.24. The van der Waals surface area contributed by atoms with E-state index >= 15 is 0 Å². The summed E-state index contributed by atoms with van der Waals surface area (Å²) in [6.07, 6.45) is -5.07. The summed E-state index contributed by atoms with van der Waals surface area (Å²) in [5.41, 5.74) is -2.97. The topological polar surface area (TPSA) is 29.1 Å². The van der Waals surface area contributed by atoms with E-state index < -0.39 is 40.7 Å². The van der Waals surface area contributed by atoms with Gasteiger partial charge in [-0.05, 0) is 42.8 Å². The van der Waals surface area contributed by atoms with Crippen LogP contribution in [0.3, 0.4) is 0 Å². The quantitative estimate of drug-likeness (QED) is 0.794. The zero-order valence-corrected chi connectivity index (χ0v) is 11.6. The first-order chi connectivity index (χ1) is 10.6. The summed E-state index contributed by atoms with van der Waals surface area (Å²) in [7, 11) is 0. The smallest absolute Gasteiger partial charge is 0.322 e. The van der Waals surface area contributed by atoms with Gasteiger partial charge in [0.15, 0.2) is 5.82 Å². The fraction of sp³-hybridized carbons (Fsp3) is 0.133. The summed E-state index contributed by atoms with van der Waals surface area (Å²) in [5.74, 6) is -5.42. The molecule has 0 radical (unpaired) electrons. The van der Waals surface area contributed by atoms with Crippen LogP contribution in [0.2, 0.25) is 0 Å². The van der Waals surface area contributed by atoms with Crippen molar-refractivity contribution in [1.29, 1.82) is 0 Å². The lowest BCUT2D eigenvalue weighted by Crippen LogP contribution is -2.19. The first-order valence-electron chi connectivity index (χ1n) is 6.24. The molecule has 0 aliphatic rings. The summed E-state index contributed by atoms with van der Waals surface area (Å²) in [4.78, 5) is 11.9. The third-order valence-electron chi connectivity index (χ3n) is 3.04. The highest BCUT2D eigenvalue weighted by Gasteiger charge is 2.37. The number of carbonyl (C=O) groups excluding carboxylic acids is 1. The Morgan fingerprint density at radius 3 is 2.17 bits per heavy atom. The Morgan fingerprint density at radius 2 is 1.61 bits per heavy atom. The maximum absolute atomic E-state index is 13.8. The van der Waals surface area contributed by atoms with Gasteiger partial charge in [0, 0.05) is 5.69 Å². The van der Waals surface area contributed by atoms with Gasteiger partial charge in [0.2, 0.25) is 0 Å². The molecule has 0 saturated carbocycles. The van der Waals surface area contributed by atoms with E-state index in [-0.39, 0.29) is 17.3 Å². The maximum Gasteiger partial charge on any atom is 0.419 e. The predicted octanol–water partition coefficient (Wildman–Crippen LogP) is 4.68. The van der Waals surface area contributed by atoms with Crippen molar-refractivity contribution in [1.82, 2.24) is 0 Å². The zero-order chi connectivity index (χ0) is 17.4. The van der Waals surface area contributed by atoms with Crippen LogP contribution in [0.5, 0.6) is 0 Å². The van der Waals surface area contributed by atoms with Crippen molar-refractivity contribution >= 4 is 11.6 Å². The van der Waals surface area contributed by atoms with Crippen LogP contribution in [0.15, 0.2) is 30.3 Å². The Kier molecular flexibility index (Phi) is 4.35. The fourth-order valence-corrected chi connectivity index (χ4v) is 1.90. The molecule has 0 fully saturated rings. The largest absolute Gasteiger partial charge is 0.419 e. The zero-order valence-electron chi connectivity index (χ0n) is 11.6. The van der Waals surface area contributed by atoms with Gasteiger partial charge in [-0.25, -0.2) is 13.2 Å². The Hall–Kier alpha value is -2.51. The third-order valence-corrected chi connectivity index (χ3v) is 3.04. The average molecular weight is 333 g/mol. The molecule has 23 heavy (non-hydrogen) atoms. The van der Waals surface area contributed by atoms with Crippen LogP contribution in [-0.4, -0.2) is 5.91 Å². The normalized spacial score (nSPS) is 11.4. The molecule has 0 bridgehead atoms. The number of hydrogen-bond donors (Lipinski definition) is 1. The fourth-order valence-electron chi connectivity index (χ4n) is 1.90. The lowest BCUT2D eigenvalue weighted by atomic mass is 10.1. The second kappa shape index (κ2) is 5.94. The van der Waals surface area contributed by atoms with Crippen LogP contribution < -0.4 is 5.32 Å². The van der Waals surface area contributed by atoms with E-state index in [2.05, 4.69) is 0 Å². The Balaban J connectivity index is 2.41. The number of aryl methyl sites for hydroxylation is 1. The number of halogens is 6. The summed E-state index contributed by atoms with van der Waals surface area (Å²) in [5, 5.41) is 2.03. The van der Waals surface area contributed by atoms with Gasteiger partial charge in [0.1, 0.15) is 17.2 Å². The lowest BCUT2D eigenvalue weighted by Gasteiger charge is -2.12. The molecule has 1 amide bonds. The highest BCUT2D eigenvalue weighted by atomic mass is 19.4. The van der Waals surface area contributed by atoms with Gasteiger partial charge in [-0.2, -0.15) is 13.2 Å². The molecule has 0 atom stereocenters. The van der Waals surface area contributed by atoms with E-state index in [0.717, 1.165) is 12.1 Å². The van der Waals surface area contributed by atoms with Gasteiger partial charge in [-0.3, -0.25) is 4.79 Å². The van der Waals surface area contributed by atoms with E-state index in [1.54, 1.807) is 0 Å². The van der Waals surface area contributed by atoms with E-state index in [1.165, 1.54) is 13.0 Å². The summed E-state index contributed by atoms with van der Waals surface area (Å²) in [6, 6.07) is 3.87. The number of nitrogens with one attached hydrogen (secondary N) is 1. The van der Waals surface area contributed by atoms with Gasteiger partial charge in [-0.1, -0.05) is 0 Å². The van der Waals surface area contributed by atoms with E-state index in [0.29, 0.717) is 6.07 Å². The number of amides is 1. The molecule has 2 nitrogen and oxygen atoms in total. The summed E-state index contributed by atoms with van der Waals surface area (Å²) >= 11 is 0. The highest BCUT2D eigenvalue weighted by Crippen LogP contribution is 2.33. The van der Waals surface area contributed by atoms with Crippen LogP contribution in [0.25, 0.3) is 0 Å². The van der Waals surface area contributed by atoms with Crippen molar-refractivity contribution in [3.05, 3.63) is 64.5 Å². The Labute approximate surface area is 126 Å². The molecule has 2 aromatic carbocycles. The molecule has 2 aromatic rings. The van der Waals surface area contributed by atoms with Gasteiger partial charge in [0.25, 0.3) is 5.91 Å². The molecule has 0 aliphatic heterocycles. The number of carbonyl (C=O) groups is 1. The van der Waals surface area contributed by atoms with Crippen LogP contribution in [0, 0.1) is 24.4 Å². The second-order valence-corrected chi connectivity index (χ2v) is 4.70. The van der Waals surface area contributed by atoms with Gasteiger partial charge in [-0.15, -0.1) is 0 Å². The Bertz CT molecular complexity index is 769. The van der Waals surface area contributed by atoms with Crippen LogP contribution in [0.4, 0.5) is 32.0 Å². The molecule has 0 aliphatic carbocycles. The number of alkyl halides is 3. The molecule has 0 spiro atoms. The van der Waals surface area contributed by atoms with E-state index in [1.807, 2.05) is 5.32 Å². The van der Waals surface area contributed by atoms with Gasteiger partial charge < -0.3 is 5.32 Å². The number of benzene rings is 2. The minimum absolute atomic E-state index is 0.00916. The van der Waals surface area contributed by atoms with Gasteiger partial charge in [0.05, 0.1) is 5.56 Å². The molecule has 2 rings (SSSR count). The minimum Gasteiger partial charge on any atom is -0.322 e. The number of rotatable bonds is 2. The molecule has 8 heteroatoms. The average Bonchev–Trinajstić information content (AvgIpc) is 2.41. The highest BCUT2D eigenvalue weighted by molar-refractivity contribution is 6.04. The van der Waals surface area contributed by atoms with Crippen molar-refractivity contribution in [2.45, 2.75) is 13.1 Å². The molecule has 0 aromatic heterocycles. The Morgan fingerprint density at radius 1 is 1.00 bits per heavy atom. The van der Waals surface area contributed by atoms with Crippen molar-refractivity contribution < 1.29 is 31.1 Å². The van der Waals surface area contributed by atoms with E-state index in [4.69, 9.17) is 0 Å². The van der Waals surface area contributed by atoms with Crippen molar-refractivity contribution in [3.8, 4) is 0 Å². The third kappa shape index (κ3) is 3.46. The van der Waals surface area contributed by atoms with Crippen LogP contribution in [0.1, 0.15) is 21.5 Å². The van der Waals surface area contributed by atoms with Crippen molar-refractivity contribution in [3.63, 3.8) is 0 Å². The molecular formula is C15H9F6NO. The predicted molar refractivity (Wildman–Crippen MR) is 70.5 cm³/mol. The van der Waals surface area contributed by atoms with Crippen LogP contribution >= 0.6 is 0 Å². The summed E-state index contributed by atoms with van der Waals surface area (Å²) in [6.45, 7) is 1.39. The van der Waals surface area contributed by atoms with Gasteiger partial charge >= 0.3 is 6.18 Å². The molecular weight excluding hydrogens is 324 g/mol. The second-order valence-electron chi connectivity index (χ2n) is 4.70. The molecule has 1 N–H and O–H groups in total. The standard InChI is InChI=1S/C15H9F6NO/c1-7-6-8(2-4-10(7)16)22-14(23)12-11(17)5-3-9(13(12)18)15(19,20)21/h2-6H,1H3,(H,22,23). The maximum atomic E-state index is 13.8. The van der Waals surface area contributed by atoms with E-state index in [9.17, 15) is 31.1 Å². The SMILES string of the molecule is Cc1cc(NC(=O)c2c(F)ccc(C(F)(F)F)c2F)ccc1F. The number of anilines is 1. The molecule has 0 heterocycles. The minimum atomic E-state index is -5.07. The molecule has 0 saturated heterocycles. The lowest BCUT2D eigenvalue weighted by molar-refractivity contribution is -0.140. The molecule has 0 unspecified atom stereocenters. The molecule has 122 valence electrons. The first kappa shape index (κ1) is 16.9. The van der Waals surface area contributed by atoms with Crippen molar-refractivity contribution in [2.75, 3.05) is 5.32 Å². The summed E-state index contributed by atoms with van der Waals surface area (Å²) < 4.78 is 78.4. The number of hydrogen-bond acceptors (Lipinski definition) is 1. The monoisotopic (exact) mass is 333 g/mol. The van der Waals surface area contributed by atoms with Crippen LogP contribution in [-0.2, 0) is 6.18 Å². The van der Waals surface area contributed by atoms with Crippen molar-refractivity contribution in [2.24, 2.45) is 0 Å².